The first-order valence-electron chi connectivity index (χ1n) is 11.2. The molecule has 1 saturated heterocycles. The Labute approximate surface area is 196 Å². The zero-order valence-electron chi connectivity index (χ0n) is 19.4. The highest BCUT2D eigenvalue weighted by atomic mass is 19.1. The minimum atomic E-state index is -0.309. The molecule has 1 aliphatic rings. The second-order valence-electron chi connectivity index (χ2n) is 8.65. The molecule has 6 heteroatoms. The number of benzene rings is 3. The summed E-state index contributed by atoms with van der Waals surface area (Å²) in [5, 5.41) is 0. The van der Waals surface area contributed by atoms with Crippen LogP contribution in [0.15, 0.2) is 72.8 Å². The summed E-state index contributed by atoms with van der Waals surface area (Å²) in [5.41, 5.74) is 2.70. The highest BCUT2D eigenvalue weighted by Crippen LogP contribution is 2.29. The van der Waals surface area contributed by atoms with Crippen molar-refractivity contribution in [1.82, 2.24) is 4.90 Å². The Hall–Kier alpha value is -3.38. The predicted octanol–water partition coefficient (Wildman–Crippen LogP) is 5.07. The van der Waals surface area contributed by atoms with Gasteiger partial charge in [-0.2, -0.15) is 0 Å². The third kappa shape index (κ3) is 5.34. The molecule has 3 aromatic rings. The van der Waals surface area contributed by atoms with Gasteiger partial charge in [-0.15, -0.1) is 0 Å². The number of halogens is 1. The number of ether oxygens (including phenoxy) is 1. The molecule has 1 atom stereocenters. The van der Waals surface area contributed by atoms with Crippen molar-refractivity contribution in [3.63, 3.8) is 0 Å². The van der Waals surface area contributed by atoms with E-state index in [1.165, 1.54) is 11.0 Å². The lowest BCUT2D eigenvalue weighted by atomic mass is 10.1. The number of amides is 1. The number of hydrogen-bond donors (Lipinski definition) is 0. The molecule has 1 heterocycles. The summed E-state index contributed by atoms with van der Waals surface area (Å²) in [4.78, 5) is 18.7. The van der Waals surface area contributed by atoms with Crippen LogP contribution in [0.5, 0.6) is 5.75 Å². The fraction of sp³-hybridized carbons (Fsp3) is 0.296. The standard InChI is InChI=1S/C27H30FN3O2.H2/c1-29(2)23-15-16-31(18-23)26-14-11-22(17-25(26)28)30(3)27(32)21-9-12-24(13-10-21)33-19-20-7-5-4-6-8-20;/h4-14,17,23H,15-16,18-19H2,1-3H3;1H. The smallest absolute Gasteiger partial charge is 0.258 e. The predicted molar refractivity (Wildman–Crippen MR) is 133 cm³/mol. The van der Waals surface area contributed by atoms with E-state index in [0.29, 0.717) is 35.3 Å². The Bertz CT molecular complexity index is 1090. The van der Waals surface area contributed by atoms with Crippen LogP contribution < -0.4 is 14.5 Å². The van der Waals surface area contributed by atoms with Crippen molar-refractivity contribution in [2.24, 2.45) is 0 Å². The maximum Gasteiger partial charge on any atom is 0.258 e. The first-order chi connectivity index (χ1) is 15.9. The molecular formula is C27H32FN3O2. The SMILES string of the molecule is CN(C(=O)c1ccc(OCc2ccccc2)cc1)c1ccc(N2CCC(N(C)C)C2)c(F)c1.[HH]. The Kier molecular flexibility index (Phi) is 6.94. The van der Waals surface area contributed by atoms with Crippen LogP contribution in [0.3, 0.4) is 0 Å². The van der Waals surface area contributed by atoms with Gasteiger partial charge in [-0.25, -0.2) is 4.39 Å². The molecule has 4 rings (SSSR count). The number of carbonyl (C=O) groups excluding carboxylic acids is 1. The fourth-order valence-electron chi connectivity index (χ4n) is 4.09. The normalized spacial score (nSPS) is 15.7. The van der Waals surface area contributed by atoms with E-state index >= 15 is 0 Å². The minimum absolute atomic E-state index is 0. The van der Waals surface area contributed by atoms with Gasteiger partial charge < -0.3 is 19.4 Å². The first-order valence-corrected chi connectivity index (χ1v) is 11.2. The molecular weight excluding hydrogens is 417 g/mol. The van der Waals surface area contributed by atoms with Gasteiger partial charge in [0.25, 0.3) is 5.91 Å². The Morgan fingerprint density at radius 2 is 1.79 bits per heavy atom. The quantitative estimate of drug-likeness (QED) is 0.505. The summed E-state index contributed by atoms with van der Waals surface area (Å²) in [6.07, 6.45) is 1.01. The van der Waals surface area contributed by atoms with Crippen LogP contribution in [0, 0.1) is 5.82 Å². The number of carbonyl (C=O) groups is 1. The molecule has 1 aliphatic heterocycles. The minimum Gasteiger partial charge on any atom is -0.489 e. The van der Waals surface area contributed by atoms with Crippen molar-refractivity contribution in [3.05, 3.63) is 89.7 Å². The van der Waals surface area contributed by atoms with Crippen LogP contribution in [0.4, 0.5) is 15.8 Å². The number of rotatable bonds is 7. The van der Waals surface area contributed by atoms with Crippen LogP contribution >= 0.6 is 0 Å². The van der Waals surface area contributed by atoms with Gasteiger partial charge in [0.15, 0.2) is 0 Å². The molecule has 1 fully saturated rings. The van der Waals surface area contributed by atoms with E-state index in [4.69, 9.17) is 4.74 Å². The fourth-order valence-corrected chi connectivity index (χ4v) is 4.09. The van der Waals surface area contributed by atoms with E-state index in [0.717, 1.165) is 25.1 Å². The highest BCUT2D eigenvalue weighted by Gasteiger charge is 2.26. The zero-order valence-corrected chi connectivity index (χ0v) is 19.4. The topological polar surface area (TPSA) is 36.0 Å². The van der Waals surface area contributed by atoms with Crippen molar-refractivity contribution in [3.8, 4) is 5.75 Å². The average molecular weight is 450 g/mol. The monoisotopic (exact) mass is 449 g/mol. The van der Waals surface area contributed by atoms with E-state index in [-0.39, 0.29) is 13.2 Å². The first kappa shape index (κ1) is 22.8. The molecule has 0 aromatic heterocycles. The van der Waals surface area contributed by atoms with Crippen molar-refractivity contribution in [2.45, 2.75) is 19.1 Å². The molecule has 5 nitrogen and oxygen atoms in total. The molecule has 0 aliphatic carbocycles. The molecule has 0 bridgehead atoms. The second kappa shape index (κ2) is 10.0. The van der Waals surface area contributed by atoms with Gasteiger partial charge in [0.05, 0.1) is 5.69 Å². The lowest BCUT2D eigenvalue weighted by molar-refractivity contribution is 0.0993. The number of hydrogen-bond acceptors (Lipinski definition) is 4. The van der Waals surface area contributed by atoms with E-state index in [9.17, 15) is 9.18 Å². The maximum atomic E-state index is 14.9. The molecule has 1 unspecified atom stereocenters. The maximum absolute atomic E-state index is 14.9. The summed E-state index contributed by atoms with van der Waals surface area (Å²) in [6, 6.07) is 22.4. The van der Waals surface area contributed by atoms with Gasteiger partial charge in [-0.05, 0) is 68.5 Å². The Balaban J connectivity index is 0.00000324. The van der Waals surface area contributed by atoms with Gasteiger partial charge in [0, 0.05) is 38.9 Å². The largest absolute Gasteiger partial charge is 0.489 e. The van der Waals surface area contributed by atoms with Crippen LogP contribution in [-0.2, 0) is 6.61 Å². The van der Waals surface area contributed by atoms with Gasteiger partial charge in [0.2, 0.25) is 0 Å². The molecule has 0 saturated carbocycles. The van der Waals surface area contributed by atoms with Crippen molar-refractivity contribution in [2.75, 3.05) is 44.0 Å². The molecule has 33 heavy (non-hydrogen) atoms. The summed E-state index contributed by atoms with van der Waals surface area (Å²) in [5.74, 6) is 0.178. The van der Waals surface area contributed by atoms with Gasteiger partial charge in [-0.3, -0.25) is 4.79 Å². The summed E-state index contributed by atoms with van der Waals surface area (Å²) >= 11 is 0. The summed E-state index contributed by atoms with van der Waals surface area (Å²) in [6.45, 7) is 2.09. The molecule has 0 radical (unpaired) electrons. The van der Waals surface area contributed by atoms with Gasteiger partial charge >= 0.3 is 0 Å². The lowest BCUT2D eigenvalue weighted by Gasteiger charge is -2.23. The van der Waals surface area contributed by atoms with Crippen LogP contribution in [0.1, 0.15) is 23.8 Å². The van der Waals surface area contributed by atoms with Gasteiger partial charge in [-0.1, -0.05) is 30.3 Å². The number of nitrogens with zero attached hydrogens (tertiary/aromatic N) is 3. The highest BCUT2D eigenvalue weighted by molar-refractivity contribution is 6.05. The third-order valence-electron chi connectivity index (χ3n) is 6.21. The number of likely N-dealkylation sites (N-methyl/N-ethyl adjacent to an activating group) is 1. The second-order valence-corrected chi connectivity index (χ2v) is 8.65. The third-order valence-corrected chi connectivity index (χ3v) is 6.21. The van der Waals surface area contributed by atoms with Gasteiger partial charge in [0.1, 0.15) is 18.2 Å². The van der Waals surface area contributed by atoms with Crippen LogP contribution in [-0.4, -0.2) is 51.1 Å². The summed E-state index contributed by atoms with van der Waals surface area (Å²) < 4.78 is 20.7. The van der Waals surface area contributed by atoms with E-state index in [1.807, 2.05) is 30.3 Å². The Morgan fingerprint density at radius 3 is 2.42 bits per heavy atom. The van der Waals surface area contributed by atoms with Crippen molar-refractivity contribution < 1.29 is 15.3 Å². The van der Waals surface area contributed by atoms with Crippen LogP contribution in [0.2, 0.25) is 0 Å². The average Bonchev–Trinajstić information content (AvgIpc) is 3.33. The molecule has 174 valence electrons. The number of anilines is 2. The molecule has 3 aromatic carbocycles. The molecule has 1 amide bonds. The molecule has 0 spiro atoms. The van der Waals surface area contributed by atoms with Crippen molar-refractivity contribution >= 4 is 17.3 Å². The van der Waals surface area contributed by atoms with E-state index < -0.39 is 0 Å². The van der Waals surface area contributed by atoms with E-state index in [1.54, 1.807) is 43.4 Å². The van der Waals surface area contributed by atoms with Crippen molar-refractivity contribution in [1.29, 1.82) is 0 Å². The Morgan fingerprint density at radius 1 is 1.06 bits per heavy atom. The lowest BCUT2D eigenvalue weighted by Crippen LogP contribution is -2.31. The zero-order chi connectivity index (χ0) is 23.4. The van der Waals surface area contributed by atoms with Crippen LogP contribution in [0.25, 0.3) is 0 Å². The molecule has 0 N–H and O–H groups in total. The summed E-state index contributed by atoms with van der Waals surface area (Å²) in [7, 11) is 5.76. The van der Waals surface area contributed by atoms with E-state index in [2.05, 4.69) is 23.9 Å².